The van der Waals surface area contributed by atoms with Crippen molar-refractivity contribution < 1.29 is 4.74 Å². The molecule has 0 amide bonds. The number of hydrogen-bond donors (Lipinski definition) is 1. The standard InChI is InChI=1S/C22H31N5O.HI/c1-4-23-22(25-17-18-9-8-14-24-21(18)26(2)3)27-15-12-20(13-16-27)28-19-10-6-5-7-11-19;/h5-11,14,20H,4,12-13,15-17H2,1-3H3,(H,23,25);1H. The van der Waals surface area contributed by atoms with Crippen LogP contribution in [0.15, 0.2) is 53.7 Å². The average Bonchev–Trinajstić information content (AvgIpc) is 2.73. The molecule has 6 nitrogen and oxygen atoms in total. The summed E-state index contributed by atoms with van der Waals surface area (Å²) in [6, 6.07) is 14.1. The summed E-state index contributed by atoms with van der Waals surface area (Å²) in [5.74, 6) is 2.89. The molecule has 0 atom stereocenters. The Labute approximate surface area is 191 Å². The Morgan fingerprint density at radius 3 is 2.55 bits per heavy atom. The van der Waals surface area contributed by atoms with E-state index in [4.69, 9.17) is 9.73 Å². The summed E-state index contributed by atoms with van der Waals surface area (Å²) in [7, 11) is 4.02. The first-order valence-corrected chi connectivity index (χ1v) is 10.0. The van der Waals surface area contributed by atoms with Gasteiger partial charge in [-0.25, -0.2) is 9.98 Å². The quantitative estimate of drug-likeness (QED) is 0.365. The van der Waals surface area contributed by atoms with Crippen LogP contribution in [0.1, 0.15) is 25.3 Å². The molecule has 29 heavy (non-hydrogen) atoms. The Kier molecular flexibility index (Phi) is 9.50. The van der Waals surface area contributed by atoms with Crippen LogP contribution in [0, 0.1) is 0 Å². The second-order valence-corrected chi connectivity index (χ2v) is 7.17. The molecule has 3 rings (SSSR count). The highest BCUT2D eigenvalue weighted by atomic mass is 127. The van der Waals surface area contributed by atoms with E-state index in [-0.39, 0.29) is 30.1 Å². The largest absolute Gasteiger partial charge is 0.490 e. The number of nitrogens with zero attached hydrogens (tertiary/aromatic N) is 4. The van der Waals surface area contributed by atoms with Crippen LogP contribution in [0.4, 0.5) is 5.82 Å². The third-order valence-corrected chi connectivity index (χ3v) is 4.81. The van der Waals surface area contributed by atoms with Gasteiger partial charge in [-0.1, -0.05) is 24.3 Å². The molecule has 0 bridgehead atoms. The van der Waals surface area contributed by atoms with Gasteiger partial charge in [0, 0.05) is 58.3 Å². The lowest BCUT2D eigenvalue weighted by molar-refractivity contribution is 0.129. The zero-order chi connectivity index (χ0) is 19.8. The highest BCUT2D eigenvalue weighted by Crippen LogP contribution is 2.19. The molecular weight excluding hydrogens is 477 g/mol. The third-order valence-electron chi connectivity index (χ3n) is 4.81. The molecule has 2 aromatic rings. The molecular formula is C22H32IN5O. The fraction of sp³-hybridized carbons (Fsp3) is 0.455. The first-order valence-electron chi connectivity index (χ1n) is 10.0. The van der Waals surface area contributed by atoms with E-state index in [1.54, 1.807) is 0 Å². The zero-order valence-electron chi connectivity index (χ0n) is 17.5. The minimum absolute atomic E-state index is 0. The predicted octanol–water partition coefficient (Wildman–Crippen LogP) is 3.77. The number of nitrogens with one attached hydrogen (secondary N) is 1. The number of piperidine rings is 1. The van der Waals surface area contributed by atoms with E-state index in [0.717, 1.165) is 55.6 Å². The Morgan fingerprint density at radius 1 is 1.17 bits per heavy atom. The maximum Gasteiger partial charge on any atom is 0.194 e. The Balaban J connectivity index is 0.00000300. The van der Waals surface area contributed by atoms with Crippen LogP contribution in [0.25, 0.3) is 0 Å². The third kappa shape index (κ3) is 6.76. The van der Waals surface area contributed by atoms with Crippen molar-refractivity contribution in [3.8, 4) is 5.75 Å². The monoisotopic (exact) mass is 509 g/mol. The second-order valence-electron chi connectivity index (χ2n) is 7.17. The first-order chi connectivity index (χ1) is 13.7. The van der Waals surface area contributed by atoms with E-state index in [2.05, 4.69) is 28.2 Å². The van der Waals surface area contributed by atoms with Crippen molar-refractivity contribution in [1.82, 2.24) is 15.2 Å². The van der Waals surface area contributed by atoms with Crippen LogP contribution < -0.4 is 15.0 Å². The van der Waals surface area contributed by atoms with Crippen molar-refractivity contribution in [2.45, 2.75) is 32.4 Å². The first kappa shape index (κ1) is 23.3. The van der Waals surface area contributed by atoms with Gasteiger partial charge in [0.25, 0.3) is 0 Å². The summed E-state index contributed by atoms with van der Waals surface area (Å²) in [5.41, 5.74) is 1.13. The van der Waals surface area contributed by atoms with Crippen LogP contribution in [-0.2, 0) is 6.54 Å². The second kappa shape index (κ2) is 11.8. The Morgan fingerprint density at radius 2 is 1.90 bits per heavy atom. The topological polar surface area (TPSA) is 53.0 Å². The smallest absolute Gasteiger partial charge is 0.194 e. The van der Waals surface area contributed by atoms with Gasteiger partial charge in [0.1, 0.15) is 17.7 Å². The van der Waals surface area contributed by atoms with E-state index in [1.165, 1.54) is 0 Å². The highest BCUT2D eigenvalue weighted by molar-refractivity contribution is 14.0. The van der Waals surface area contributed by atoms with Gasteiger partial charge in [0.2, 0.25) is 0 Å². The predicted molar refractivity (Wildman–Crippen MR) is 130 cm³/mol. The van der Waals surface area contributed by atoms with E-state index < -0.39 is 0 Å². The lowest BCUT2D eigenvalue weighted by Crippen LogP contribution is -2.47. The lowest BCUT2D eigenvalue weighted by Gasteiger charge is -2.34. The molecule has 2 heterocycles. The fourth-order valence-electron chi connectivity index (χ4n) is 3.42. The van der Waals surface area contributed by atoms with Gasteiger partial charge < -0.3 is 19.9 Å². The molecule has 0 spiro atoms. The van der Waals surface area contributed by atoms with E-state index in [0.29, 0.717) is 6.54 Å². The summed E-state index contributed by atoms with van der Waals surface area (Å²) in [6.45, 7) is 5.46. The van der Waals surface area contributed by atoms with E-state index in [1.807, 2.05) is 61.6 Å². The molecule has 1 aromatic carbocycles. The number of aliphatic imine (C=N–C) groups is 1. The molecule has 0 radical (unpaired) electrons. The Hall–Kier alpha value is -2.03. The van der Waals surface area contributed by atoms with Gasteiger partial charge in [-0.3, -0.25) is 0 Å². The molecule has 0 saturated carbocycles. The number of likely N-dealkylation sites (tertiary alicyclic amines) is 1. The number of aromatic nitrogens is 1. The minimum Gasteiger partial charge on any atom is -0.490 e. The van der Waals surface area contributed by atoms with E-state index >= 15 is 0 Å². The SMILES string of the molecule is CCNC(=NCc1cccnc1N(C)C)N1CCC(Oc2ccccc2)CC1.I. The van der Waals surface area contributed by atoms with Crippen molar-refractivity contribution >= 4 is 35.8 Å². The van der Waals surface area contributed by atoms with Gasteiger partial charge in [0.15, 0.2) is 5.96 Å². The minimum atomic E-state index is 0. The summed E-state index contributed by atoms with van der Waals surface area (Å²) < 4.78 is 6.11. The molecule has 1 saturated heterocycles. The van der Waals surface area contributed by atoms with Crippen LogP contribution in [-0.4, -0.2) is 55.7 Å². The molecule has 1 aliphatic heterocycles. The van der Waals surface area contributed by atoms with Crippen molar-refractivity contribution in [3.63, 3.8) is 0 Å². The molecule has 158 valence electrons. The van der Waals surface area contributed by atoms with Gasteiger partial charge in [-0.05, 0) is 25.1 Å². The average molecular weight is 509 g/mol. The van der Waals surface area contributed by atoms with Gasteiger partial charge in [0.05, 0.1) is 6.54 Å². The number of hydrogen-bond acceptors (Lipinski definition) is 4. The summed E-state index contributed by atoms with van der Waals surface area (Å²) in [4.78, 5) is 13.7. The fourth-order valence-corrected chi connectivity index (χ4v) is 3.42. The molecule has 1 aliphatic rings. The summed E-state index contributed by atoms with van der Waals surface area (Å²) >= 11 is 0. The van der Waals surface area contributed by atoms with E-state index in [9.17, 15) is 0 Å². The summed E-state index contributed by atoms with van der Waals surface area (Å²) in [5, 5.41) is 3.44. The number of pyridine rings is 1. The van der Waals surface area contributed by atoms with Crippen molar-refractivity contribution in [3.05, 3.63) is 54.2 Å². The van der Waals surface area contributed by atoms with Gasteiger partial charge >= 0.3 is 0 Å². The van der Waals surface area contributed by atoms with Crippen molar-refractivity contribution in [2.75, 3.05) is 38.6 Å². The number of halogens is 1. The number of benzene rings is 1. The van der Waals surface area contributed by atoms with Crippen molar-refractivity contribution in [1.29, 1.82) is 0 Å². The lowest BCUT2D eigenvalue weighted by atomic mass is 10.1. The molecule has 7 heteroatoms. The van der Waals surface area contributed by atoms with Gasteiger partial charge in [-0.2, -0.15) is 0 Å². The molecule has 0 aliphatic carbocycles. The molecule has 1 aromatic heterocycles. The van der Waals surface area contributed by atoms with Gasteiger partial charge in [-0.15, -0.1) is 24.0 Å². The maximum atomic E-state index is 6.11. The number of ether oxygens (including phenoxy) is 1. The molecule has 1 fully saturated rings. The normalized spacial score (nSPS) is 14.9. The number of rotatable bonds is 6. The van der Waals surface area contributed by atoms with Crippen molar-refractivity contribution in [2.24, 2.45) is 4.99 Å². The van der Waals surface area contributed by atoms with Crippen LogP contribution in [0.5, 0.6) is 5.75 Å². The molecule has 0 unspecified atom stereocenters. The van der Waals surface area contributed by atoms with Crippen LogP contribution in [0.3, 0.4) is 0 Å². The van der Waals surface area contributed by atoms with Crippen LogP contribution >= 0.6 is 24.0 Å². The summed E-state index contributed by atoms with van der Waals surface area (Å²) in [6.07, 6.45) is 4.08. The zero-order valence-corrected chi connectivity index (χ0v) is 19.9. The van der Waals surface area contributed by atoms with Crippen LogP contribution in [0.2, 0.25) is 0 Å². The Bertz CT molecular complexity index is 761. The molecule has 1 N–H and O–H groups in total. The number of guanidine groups is 1. The highest BCUT2D eigenvalue weighted by Gasteiger charge is 2.22. The number of para-hydroxylation sites is 1. The maximum absolute atomic E-state index is 6.11. The number of anilines is 1.